The Morgan fingerprint density at radius 3 is 2.90 bits per heavy atom. The summed E-state index contributed by atoms with van der Waals surface area (Å²) in [5.74, 6) is -0.206. The van der Waals surface area contributed by atoms with Crippen LogP contribution in [0.25, 0.3) is 0 Å². The summed E-state index contributed by atoms with van der Waals surface area (Å²) in [5, 5.41) is 3.27. The summed E-state index contributed by atoms with van der Waals surface area (Å²) >= 11 is 0. The van der Waals surface area contributed by atoms with Gasteiger partial charge in [0.15, 0.2) is 0 Å². The van der Waals surface area contributed by atoms with Crippen LogP contribution in [0.3, 0.4) is 0 Å². The number of nitrogens with one attached hydrogen (secondary N) is 1. The standard InChI is InChI=1S/C16H24N2O2/c1-4-17-16(2,15(19)20-3)12-18-11-7-9-13-8-5-6-10-14(13)18/h5-6,8,10,17H,4,7,9,11-12H2,1-3H3. The van der Waals surface area contributed by atoms with E-state index in [1.54, 1.807) is 0 Å². The van der Waals surface area contributed by atoms with E-state index < -0.39 is 5.54 Å². The topological polar surface area (TPSA) is 41.6 Å². The minimum atomic E-state index is -0.673. The van der Waals surface area contributed by atoms with Crippen molar-refractivity contribution in [1.29, 1.82) is 0 Å². The monoisotopic (exact) mass is 276 g/mol. The summed E-state index contributed by atoms with van der Waals surface area (Å²) in [5.41, 5.74) is 1.93. The molecule has 0 radical (unpaired) electrons. The van der Waals surface area contributed by atoms with Crippen LogP contribution in [0.2, 0.25) is 0 Å². The van der Waals surface area contributed by atoms with Gasteiger partial charge in [-0.3, -0.25) is 0 Å². The fraction of sp³-hybridized carbons (Fsp3) is 0.562. The molecule has 4 nitrogen and oxygen atoms in total. The molecule has 1 heterocycles. The number of fused-ring (bicyclic) bond motifs is 1. The number of para-hydroxylation sites is 1. The largest absolute Gasteiger partial charge is 0.468 e. The van der Waals surface area contributed by atoms with Gasteiger partial charge in [0.05, 0.1) is 7.11 Å². The van der Waals surface area contributed by atoms with Gasteiger partial charge in [0.1, 0.15) is 5.54 Å². The lowest BCUT2D eigenvalue weighted by Crippen LogP contribution is -2.58. The van der Waals surface area contributed by atoms with E-state index in [0.29, 0.717) is 6.54 Å². The predicted molar refractivity (Wildman–Crippen MR) is 81.1 cm³/mol. The smallest absolute Gasteiger partial charge is 0.327 e. The van der Waals surface area contributed by atoms with Crippen LogP contribution in [0, 0.1) is 0 Å². The Bertz CT molecular complexity index is 475. The molecule has 0 saturated carbocycles. The van der Waals surface area contributed by atoms with Gasteiger partial charge in [0.25, 0.3) is 0 Å². The van der Waals surface area contributed by atoms with Crippen LogP contribution in [-0.4, -0.2) is 38.3 Å². The summed E-state index contributed by atoms with van der Waals surface area (Å²) in [6, 6.07) is 8.44. The summed E-state index contributed by atoms with van der Waals surface area (Å²) in [6.07, 6.45) is 2.24. The lowest BCUT2D eigenvalue weighted by atomic mass is 9.96. The minimum absolute atomic E-state index is 0.206. The van der Waals surface area contributed by atoms with Crippen molar-refractivity contribution in [2.45, 2.75) is 32.2 Å². The number of benzene rings is 1. The van der Waals surface area contributed by atoms with Crippen molar-refractivity contribution in [3.05, 3.63) is 29.8 Å². The number of likely N-dealkylation sites (N-methyl/N-ethyl adjacent to an activating group) is 1. The van der Waals surface area contributed by atoms with Crippen LogP contribution < -0.4 is 10.2 Å². The highest BCUT2D eigenvalue weighted by molar-refractivity contribution is 5.81. The van der Waals surface area contributed by atoms with Crippen LogP contribution in [0.15, 0.2) is 24.3 Å². The number of carbonyl (C=O) groups is 1. The third kappa shape index (κ3) is 2.96. The second-order valence-corrected chi connectivity index (χ2v) is 5.51. The van der Waals surface area contributed by atoms with Gasteiger partial charge >= 0.3 is 5.97 Å². The van der Waals surface area contributed by atoms with E-state index in [-0.39, 0.29) is 5.97 Å². The zero-order valence-electron chi connectivity index (χ0n) is 12.6. The molecule has 1 aliphatic rings. The quantitative estimate of drug-likeness (QED) is 0.835. The van der Waals surface area contributed by atoms with Gasteiger partial charge in [-0.25, -0.2) is 4.79 Å². The van der Waals surface area contributed by atoms with Crippen molar-refractivity contribution >= 4 is 11.7 Å². The number of rotatable bonds is 5. The van der Waals surface area contributed by atoms with Crippen LogP contribution >= 0.6 is 0 Å². The number of anilines is 1. The van der Waals surface area contributed by atoms with Crippen molar-refractivity contribution in [1.82, 2.24) is 5.32 Å². The number of nitrogens with zero attached hydrogens (tertiary/aromatic N) is 1. The van der Waals surface area contributed by atoms with E-state index in [1.807, 2.05) is 13.8 Å². The lowest BCUT2D eigenvalue weighted by molar-refractivity contribution is -0.147. The van der Waals surface area contributed by atoms with E-state index in [0.717, 1.165) is 25.9 Å². The Kier molecular flexibility index (Phi) is 4.65. The maximum absolute atomic E-state index is 12.1. The molecule has 1 atom stereocenters. The molecule has 0 spiro atoms. The highest BCUT2D eigenvalue weighted by Gasteiger charge is 2.36. The predicted octanol–water partition coefficient (Wildman–Crippen LogP) is 1.98. The van der Waals surface area contributed by atoms with Crippen molar-refractivity contribution < 1.29 is 9.53 Å². The number of aryl methyl sites for hydroxylation is 1. The Morgan fingerprint density at radius 1 is 1.45 bits per heavy atom. The molecule has 4 heteroatoms. The Labute approximate surface area is 121 Å². The Hall–Kier alpha value is -1.55. The average molecular weight is 276 g/mol. The van der Waals surface area contributed by atoms with E-state index in [4.69, 9.17) is 4.74 Å². The first-order valence-electron chi connectivity index (χ1n) is 7.27. The molecule has 1 aromatic rings. The summed E-state index contributed by atoms with van der Waals surface area (Å²) < 4.78 is 4.97. The normalized spacial score (nSPS) is 17.2. The van der Waals surface area contributed by atoms with Crippen LogP contribution in [-0.2, 0) is 16.0 Å². The highest BCUT2D eigenvalue weighted by atomic mass is 16.5. The van der Waals surface area contributed by atoms with Crippen molar-refractivity contribution in [3.63, 3.8) is 0 Å². The minimum Gasteiger partial charge on any atom is -0.468 e. The maximum Gasteiger partial charge on any atom is 0.327 e. The van der Waals surface area contributed by atoms with E-state index in [2.05, 4.69) is 34.5 Å². The van der Waals surface area contributed by atoms with E-state index in [1.165, 1.54) is 18.4 Å². The van der Waals surface area contributed by atoms with Crippen molar-refractivity contribution in [2.75, 3.05) is 31.6 Å². The van der Waals surface area contributed by atoms with Gasteiger partial charge in [-0.15, -0.1) is 0 Å². The molecule has 20 heavy (non-hydrogen) atoms. The fourth-order valence-corrected chi connectivity index (χ4v) is 2.97. The molecule has 1 aliphatic heterocycles. The first-order valence-corrected chi connectivity index (χ1v) is 7.27. The second-order valence-electron chi connectivity index (χ2n) is 5.51. The van der Waals surface area contributed by atoms with E-state index >= 15 is 0 Å². The zero-order valence-corrected chi connectivity index (χ0v) is 12.6. The van der Waals surface area contributed by atoms with Gasteiger partial charge < -0.3 is 15.0 Å². The number of hydrogen-bond acceptors (Lipinski definition) is 4. The number of ether oxygens (including phenoxy) is 1. The molecule has 0 aromatic heterocycles. The zero-order chi connectivity index (χ0) is 14.6. The van der Waals surface area contributed by atoms with Crippen molar-refractivity contribution in [3.8, 4) is 0 Å². The highest BCUT2D eigenvalue weighted by Crippen LogP contribution is 2.28. The van der Waals surface area contributed by atoms with Gasteiger partial charge in [-0.2, -0.15) is 0 Å². The third-order valence-electron chi connectivity index (χ3n) is 3.92. The number of esters is 1. The summed E-state index contributed by atoms with van der Waals surface area (Å²) in [4.78, 5) is 14.4. The molecule has 0 amide bonds. The van der Waals surface area contributed by atoms with Gasteiger partial charge in [0.2, 0.25) is 0 Å². The van der Waals surface area contributed by atoms with Gasteiger partial charge in [-0.1, -0.05) is 25.1 Å². The molecule has 0 aliphatic carbocycles. The molecule has 0 bridgehead atoms. The number of carbonyl (C=O) groups excluding carboxylic acids is 1. The number of methoxy groups -OCH3 is 1. The molecular formula is C16H24N2O2. The molecule has 0 saturated heterocycles. The lowest BCUT2D eigenvalue weighted by Gasteiger charge is -2.38. The summed E-state index contributed by atoms with van der Waals surface area (Å²) in [6.45, 7) is 6.27. The molecule has 110 valence electrons. The third-order valence-corrected chi connectivity index (χ3v) is 3.92. The molecule has 0 fully saturated rings. The summed E-state index contributed by atoms with van der Waals surface area (Å²) in [7, 11) is 1.45. The fourth-order valence-electron chi connectivity index (χ4n) is 2.97. The Balaban J connectivity index is 2.22. The van der Waals surface area contributed by atoms with E-state index in [9.17, 15) is 4.79 Å². The van der Waals surface area contributed by atoms with Crippen LogP contribution in [0.1, 0.15) is 25.8 Å². The molecule has 1 N–H and O–H groups in total. The molecule has 2 rings (SSSR count). The molecular weight excluding hydrogens is 252 g/mol. The van der Waals surface area contributed by atoms with Crippen LogP contribution in [0.5, 0.6) is 0 Å². The maximum atomic E-state index is 12.1. The SMILES string of the molecule is CCNC(C)(CN1CCCc2ccccc21)C(=O)OC. The first kappa shape index (κ1) is 14.9. The van der Waals surface area contributed by atoms with Gasteiger partial charge in [-0.05, 0) is 37.9 Å². The van der Waals surface area contributed by atoms with Crippen LogP contribution in [0.4, 0.5) is 5.69 Å². The first-order chi connectivity index (χ1) is 9.60. The average Bonchev–Trinajstić information content (AvgIpc) is 2.47. The molecule has 1 unspecified atom stereocenters. The van der Waals surface area contributed by atoms with Crippen molar-refractivity contribution in [2.24, 2.45) is 0 Å². The number of hydrogen-bond donors (Lipinski definition) is 1. The van der Waals surface area contributed by atoms with Gasteiger partial charge in [0, 0.05) is 18.8 Å². The second kappa shape index (κ2) is 6.27. The Morgan fingerprint density at radius 2 is 2.20 bits per heavy atom. The molecule has 1 aromatic carbocycles.